The first-order chi connectivity index (χ1) is 5.90. The predicted octanol–water partition coefficient (Wildman–Crippen LogP) is 1.35. The van der Waals surface area contributed by atoms with Crippen molar-refractivity contribution in [3.05, 3.63) is 24.3 Å². The van der Waals surface area contributed by atoms with Crippen LogP contribution in [0.4, 0.5) is 0 Å². The Morgan fingerprint density at radius 2 is 2.08 bits per heavy atom. The summed E-state index contributed by atoms with van der Waals surface area (Å²) in [6.07, 6.45) is -0.472. The highest BCUT2D eigenvalue weighted by atomic mass is 16.6. The third kappa shape index (κ3) is 1.08. The molecule has 0 saturated carbocycles. The number of fused-ring (bicyclic) bond motifs is 1. The molecule has 3 heteroatoms. The van der Waals surface area contributed by atoms with Crippen LogP contribution < -0.4 is 9.47 Å². The Bertz CT molecular complexity index is 330. The van der Waals surface area contributed by atoms with Crippen LogP contribution in [-0.2, 0) is 0 Å². The highest BCUT2D eigenvalue weighted by Crippen LogP contribution is 2.30. The van der Waals surface area contributed by atoms with Crippen molar-refractivity contribution in [2.45, 2.75) is 6.10 Å². The van der Waals surface area contributed by atoms with Crippen LogP contribution in [0.5, 0.6) is 11.5 Å². The number of nitrogens with zero attached hydrogens (tertiary/aromatic N) is 1. The maximum absolute atomic E-state index is 8.56. The third-order valence-electron chi connectivity index (χ3n) is 1.65. The zero-order valence-corrected chi connectivity index (χ0v) is 6.36. The van der Waals surface area contributed by atoms with Crippen molar-refractivity contribution < 1.29 is 9.47 Å². The Balaban J connectivity index is 2.30. The van der Waals surface area contributed by atoms with Crippen LogP contribution in [-0.4, -0.2) is 12.7 Å². The van der Waals surface area contributed by atoms with Crippen LogP contribution in [0, 0.1) is 11.3 Å². The van der Waals surface area contributed by atoms with Crippen LogP contribution in [0.2, 0.25) is 0 Å². The molecule has 1 aliphatic rings. The van der Waals surface area contributed by atoms with Crippen LogP contribution >= 0.6 is 0 Å². The second-order valence-corrected chi connectivity index (χ2v) is 2.49. The molecule has 1 aliphatic heterocycles. The Hall–Kier alpha value is -1.69. The number of nitriles is 1. The number of hydrogen-bond donors (Lipinski definition) is 0. The second-order valence-electron chi connectivity index (χ2n) is 2.49. The zero-order valence-electron chi connectivity index (χ0n) is 6.36. The first kappa shape index (κ1) is 6.99. The molecule has 12 heavy (non-hydrogen) atoms. The molecule has 1 aromatic carbocycles. The Kier molecular flexibility index (Phi) is 1.60. The summed E-state index contributed by atoms with van der Waals surface area (Å²) in [6.45, 7) is 0.313. The lowest BCUT2D eigenvalue weighted by Crippen LogP contribution is -2.27. The number of para-hydroxylation sites is 2. The summed E-state index contributed by atoms with van der Waals surface area (Å²) < 4.78 is 10.6. The smallest absolute Gasteiger partial charge is 0.218 e. The summed E-state index contributed by atoms with van der Waals surface area (Å²) in [7, 11) is 0. The molecule has 1 atom stereocenters. The van der Waals surface area contributed by atoms with E-state index in [1.165, 1.54) is 0 Å². The Morgan fingerprint density at radius 1 is 1.33 bits per heavy atom. The molecule has 0 unspecified atom stereocenters. The van der Waals surface area contributed by atoms with E-state index in [4.69, 9.17) is 14.7 Å². The fraction of sp³-hybridized carbons (Fsp3) is 0.222. The van der Waals surface area contributed by atoms with Gasteiger partial charge in [0.25, 0.3) is 0 Å². The zero-order chi connectivity index (χ0) is 8.39. The minimum Gasteiger partial charge on any atom is -0.485 e. The second kappa shape index (κ2) is 2.74. The van der Waals surface area contributed by atoms with E-state index in [9.17, 15) is 0 Å². The van der Waals surface area contributed by atoms with Gasteiger partial charge in [-0.15, -0.1) is 0 Å². The normalized spacial score (nSPS) is 19.8. The van der Waals surface area contributed by atoms with Gasteiger partial charge in [0.1, 0.15) is 12.7 Å². The number of hydrogen-bond acceptors (Lipinski definition) is 3. The molecule has 0 amide bonds. The predicted molar refractivity (Wildman–Crippen MR) is 42.0 cm³/mol. The van der Waals surface area contributed by atoms with Gasteiger partial charge in [0.2, 0.25) is 6.10 Å². The van der Waals surface area contributed by atoms with Crippen molar-refractivity contribution in [3.63, 3.8) is 0 Å². The highest BCUT2D eigenvalue weighted by Gasteiger charge is 2.18. The van der Waals surface area contributed by atoms with E-state index in [1.807, 2.05) is 24.3 Å². The number of benzene rings is 1. The molecular formula is C9H7NO2. The van der Waals surface area contributed by atoms with Gasteiger partial charge in [-0.3, -0.25) is 0 Å². The van der Waals surface area contributed by atoms with Crippen molar-refractivity contribution >= 4 is 0 Å². The lowest BCUT2D eigenvalue weighted by molar-refractivity contribution is 0.127. The van der Waals surface area contributed by atoms with E-state index in [1.54, 1.807) is 6.07 Å². The molecule has 0 bridgehead atoms. The van der Waals surface area contributed by atoms with Gasteiger partial charge in [-0.05, 0) is 12.1 Å². The summed E-state index contributed by atoms with van der Waals surface area (Å²) in [5.74, 6) is 1.36. The maximum Gasteiger partial charge on any atom is 0.218 e. The van der Waals surface area contributed by atoms with Crippen molar-refractivity contribution in [2.75, 3.05) is 6.61 Å². The summed E-state index contributed by atoms with van der Waals surface area (Å²) in [5.41, 5.74) is 0. The van der Waals surface area contributed by atoms with E-state index in [2.05, 4.69) is 0 Å². The van der Waals surface area contributed by atoms with Gasteiger partial charge in [0.15, 0.2) is 11.5 Å². The van der Waals surface area contributed by atoms with Crippen LogP contribution in [0.25, 0.3) is 0 Å². The van der Waals surface area contributed by atoms with Crippen LogP contribution in [0.15, 0.2) is 24.3 Å². The standard InChI is InChI=1S/C9H7NO2/c10-5-7-6-11-8-3-1-2-4-9(8)12-7/h1-4,7H,6H2/t7-/m1/s1. The maximum atomic E-state index is 8.56. The number of rotatable bonds is 0. The Morgan fingerprint density at radius 3 is 2.83 bits per heavy atom. The Labute approximate surface area is 70.1 Å². The fourth-order valence-corrected chi connectivity index (χ4v) is 1.08. The summed E-state index contributed by atoms with van der Waals surface area (Å²) in [4.78, 5) is 0. The van der Waals surface area contributed by atoms with E-state index in [0.29, 0.717) is 18.1 Å². The van der Waals surface area contributed by atoms with Crippen LogP contribution in [0.3, 0.4) is 0 Å². The van der Waals surface area contributed by atoms with Gasteiger partial charge >= 0.3 is 0 Å². The van der Waals surface area contributed by atoms with Crippen molar-refractivity contribution in [3.8, 4) is 17.6 Å². The molecule has 0 spiro atoms. The van der Waals surface area contributed by atoms with Gasteiger partial charge < -0.3 is 9.47 Å². The molecule has 2 rings (SSSR count). The topological polar surface area (TPSA) is 42.2 Å². The quantitative estimate of drug-likeness (QED) is 0.576. The molecule has 0 radical (unpaired) electrons. The molecule has 1 aromatic rings. The third-order valence-corrected chi connectivity index (χ3v) is 1.65. The fourth-order valence-electron chi connectivity index (χ4n) is 1.08. The van der Waals surface area contributed by atoms with E-state index >= 15 is 0 Å². The lowest BCUT2D eigenvalue weighted by atomic mass is 10.3. The van der Waals surface area contributed by atoms with E-state index < -0.39 is 6.10 Å². The molecule has 1 heterocycles. The SMILES string of the molecule is N#C[C@@H]1COc2ccccc2O1. The van der Waals surface area contributed by atoms with E-state index in [-0.39, 0.29) is 0 Å². The summed E-state index contributed by atoms with van der Waals surface area (Å²) in [5, 5.41) is 8.56. The molecule has 0 fully saturated rings. The van der Waals surface area contributed by atoms with Crippen molar-refractivity contribution in [1.29, 1.82) is 5.26 Å². The molecule has 0 aromatic heterocycles. The molecule has 0 aliphatic carbocycles. The largest absolute Gasteiger partial charge is 0.485 e. The first-order valence-corrected chi connectivity index (χ1v) is 3.68. The average molecular weight is 161 g/mol. The van der Waals surface area contributed by atoms with E-state index in [0.717, 1.165) is 0 Å². The molecule has 0 N–H and O–H groups in total. The lowest BCUT2D eigenvalue weighted by Gasteiger charge is -2.21. The highest BCUT2D eigenvalue weighted by molar-refractivity contribution is 5.41. The minimum atomic E-state index is -0.472. The van der Waals surface area contributed by atoms with Gasteiger partial charge in [0.05, 0.1) is 0 Å². The minimum absolute atomic E-state index is 0.313. The average Bonchev–Trinajstić information content (AvgIpc) is 2.17. The monoisotopic (exact) mass is 161 g/mol. The first-order valence-electron chi connectivity index (χ1n) is 3.68. The van der Waals surface area contributed by atoms with Gasteiger partial charge in [-0.1, -0.05) is 12.1 Å². The van der Waals surface area contributed by atoms with Crippen molar-refractivity contribution in [1.82, 2.24) is 0 Å². The van der Waals surface area contributed by atoms with Crippen LogP contribution in [0.1, 0.15) is 0 Å². The summed E-state index contributed by atoms with van der Waals surface area (Å²) >= 11 is 0. The van der Waals surface area contributed by atoms with Gasteiger partial charge in [-0.25, -0.2) is 0 Å². The molecular weight excluding hydrogens is 154 g/mol. The van der Waals surface area contributed by atoms with Gasteiger partial charge in [0, 0.05) is 0 Å². The van der Waals surface area contributed by atoms with Gasteiger partial charge in [-0.2, -0.15) is 5.26 Å². The molecule has 60 valence electrons. The molecule has 0 saturated heterocycles. The van der Waals surface area contributed by atoms with Crippen molar-refractivity contribution in [2.24, 2.45) is 0 Å². The molecule has 3 nitrogen and oxygen atoms in total. The number of ether oxygens (including phenoxy) is 2. The summed E-state index contributed by atoms with van der Waals surface area (Å²) in [6, 6.07) is 9.33.